The molecule has 2 aromatic rings. The number of nitrogens with zero attached hydrogens (tertiary/aromatic N) is 1. The average molecular weight is 388 g/mol. The summed E-state index contributed by atoms with van der Waals surface area (Å²) in [6, 6.07) is 13.3. The van der Waals surface area contributed by atoms with E-state index >= 15 is 0 Å². The lowest BCUT2D eigenvalue weighted by Gasteiger charge is -2.22. The molecule has 0 radical (unpaired) electrons. The minimum absolute atomic E-state index is 0.0801. The number of carbonyl (C=O) groups is 1. The van der Waals surface area contributed by atoms with Gasteiger partial charge in [0.15, 0.2) is 0 Å². The van der Waals surface area contributed by atoms with Crippen LogP contribution in [0.1, 0.15) is 28.8 Å². The predicted molar refractivity (Wildman–Crippen MR) is 105 cm³/mol. The lowest BCUT2D eigenvalue weighted by molar-refractivity contribution is 0.0857. The highest BCUT2D eigenvalue weighted by atomic mass is 32.2. The van der Waals surface area contributed by atoms with Crippen molar-refractivity contribution in [3.8, 4) is 0 Å². The van der Waals surface area contributed by atoms with E-state index in [2.05, 4.69) is 5.32 Å². The van der Waals surface area contributed by atoms with E-state index in [9.17, 15) is 13.2 Å². The first kappa shape index (κ1) is 19.4. The zero-order valence-corrected chi connectivity index (χ0v) is 16.3. The molecule has 27 heavy (non-hydrogen) atoms. The van der Waals surface area contributed by atoms with Crippen LogP contribution in [0.4, 0.5) is 5.69 Å². The van der Waals surface area contributed by atoms with E-state index in [1.807, 2.05) is 0 Å². The van der Waals surface area contributed by atoms with E-state index in [0.717, 1.165) is 19.4 Å². The molecule has 0 aromatic heterocycles. The van der Waals surface area contributed by atoms with Crippen molar-refractivity contribution in [2.75, 3.05) is 24.5 Å². The molecule has 1 amide bonds. The molecule has 1 aliphatic heterocycles. The van der Waals surface area contributed by atoms with Gasteiger partial charge in [0.25, 0.3) is 15.9 Å². The second-order valence-electron chi connectivity index (χ2n) is 6.63. The van der Waals surface area contributed by atoms with Crippen LogP contribution in [0.3, 0.4) is 0 Å². The number of anilines is 1. The minimum Gasteiger partial charge on any atom is -0.376 e. The Kier molecular flexibility index (Phi) is 5.82. The highest BCUT2D eigenvalue weighted by molar-refractivity contribution is 7.92. The predicted octanol–water partition coefficient (Wildman–Crippen LogP) is 2.73. The number of hydrogen-bond donors (Lipinski definition) is 1. The summed E-state index contributed by atoms with van der Waals surface area (Å²) >= 11 is 0. The normalized spacial score (nSPS) is 16.9. The first-order chi connectivity index (χ1) is 12.9. The van der Waals surface area contributed by atoms with Gasteiger partial charge in [-0.2, -0.15) is 0 Å². The fourth-order valence-electron chi connectivity index (χ4n) is 3.14. The largest absolute Gasteiger partial charge is 0.376 e. The van der Waals surface area contributed by atoms with Gasteiger partial charge in [-0.3, -0.25) is 9.10 Å². The van der Waals surface area contributed by atoms with Crippen molar-refractivity contribution >= 4 is 21.6 Å². The molecule has 6 nitrogen and oxygen atoms in total. The summed E-state index contributed by atoms with van der Waals surface area (Å²) in [4.78, 5) is 12.6. The van der Waals surface area contributed by atoms with Gasteiger partial charge in [-0.25, -0.2) is 8.42 Å². The second kappa shape index (κ2) is 8.10. The van der Waals surface area contributed by atoms with Crippen LogP contribution < -0.4 is 9.62 Å². The molecule has 3 rings (SSSR count). The van der Waals surface area contributed by atoms with Crippen molar-refractivity contribution in [3.63, 3.8) is 0 Å². The zero-order chi connectivity index (χ0) is 19.4. The van der Waals surface area contributed by atoms with Crippen molar-refractivity contribution in [2.24, 2.45) is 0 Å². The van der Waals surface area contributed by atoms with Gasteiger partial charge in [-0.1, -0.05) is 18.2 Å². The molecule has 7 heteroatoms. The van der Waals surface area contributed by atoms with E-state index in [1.54, 1.807) is 55.5 Å². The summed E-state index contributed by atoms with van der Waals surface area (Å²) in [5.41, 5.74) is 1.75. The molecule has 1 N–H and O–H groups in total. The van der Waals surface area contributed by atoms with Crippen molar-refractivity contribution < 1.29 is 17.9 Å². The van der Waals surface area contributed by atoms with Gasteiger partial charge >= 0.3 is 0 Å². The summed E-state index contributed by atoms with van der Waals surface area (Å²) in [6.45, 7) is 3.03. The third-order valence-electron chi connectivity index (χ3n) is 4.71. The Morgan fingerprint density at radius 2 is 1.96 bits per heavy atom. The molecule has 0 spiro atoms. The molecular weight excluding hydrogens is 364 g/mol. The Morgan fingerprint density at radius 1 is 1.22 bits per heavy atom. The van der Waals surface area contributed by atoms with E-state index in [0.29, 0.717) is 23.4 Å². The molecule has 1 unspecified atom stereocenters. The maximum atomic E-state index is 12.8. The minimum atomic E-state index is -3.65. The van der Waals surface area contributed by atoms with Crippen molar-refractivity contribution in [1.29, 1.82) is 0 Å². The first-order valence-corrected chi connectivity index (χ1v) is 10.4. The van der Waals surface area contributed by atoms with Crippen molar-refractivity contribution in [2.45, 2.75) is 30.8 Å². The summed E-state index contributed by atoms with van der Waals surface area (Å²) in [5, 5.41) is 2.88. The Hall–Kier alpha value is -2.38. The van der Waals surface area contributed by atoms with Gasteiger partial charge in [0.1, 0.15) is 0 Å². The number of nitrogens with one attached hydrogen (secondary N) is 1. The molecular formula is C20H24N2O4S. The Bertz CT molecular complexity index is 907. The van der Waals surface area contributed by atoms with Crippen LogP contribution in [-0.4, -0.2) is 40.6 Å². The smallest absolute Gasteiger partial charge is 0.264 e. The van der Waals surface area contributed by atoms with E-state index in [4.69, 9.17) is 4.74 Å². The van der Waals surface area contributed by atoms with Crippen LogP contribution in [0, 0.1) is 6.92 Å². The third-order valence-corrected chi connectivity index (χ3v) is 6.50. The number of carbonyl (C=O) groups excluding carboxylic acids is 1. The molecule has 1 atom stereocenters. The number of sulfonamides is 1. The number of rotatable bonds is 6. The molecule has 144 valence electrons. The van der Waals surface area contributed by atoms with E-state index in [-0.39, 0.29) is 16.9 Å². The number of amides is 1. The first-order valence-electron chi connectivity index (χ1n) is 8.94. The Balaban J connectivity index is 1.75. The molecule has 0 bridgehead atoms. The SMILES string of the molecule is Cc1cc(C(=O)NCC2CCCO2)ccc1N(C)S(=O)(=O)c1ccccc1. The Labute approximate surface area is 160 Å². The summed E-state index contributed by atoms with van der Waals surface area (Å²) in [7, 11) is -2.14. The van der Waals surface area contributed by atoms with Crippen LogP contribution >= 0.6 is 0 Å². The Morgan fingerprint density at radius 3 is 2.59 bits per heavy atom. The molecule has 0 aliphatic carbocycles. The summed E-state index contributed by atoms with van der Waals surface area (Å²) < 4.78 is 32.3. The third kappa shape index (κ3) is 4.31. The maximum Gasteiger partial charge on any atom is 0.264 e. The van der Waals surface area contributed by atoms with Gasteiger partial charge < -0.3 is 10.1 Å². The van der Waals surface area contributed by atoms with Crippen LogP contribution in [0.2, 0.25) is 0 Å². The molecule has 0 saturated carbocycles. The summed E-state index contributed by atoms with van der Waals surface area (Å²) in [6.07, 6.45) is 2.06. The molecule has 1 fully saturated rings. The standard InChI is InChI=1S/C20H24N2O4S/c1-15-13-16(20(23)21-14-17-7-6-12-26-17)10-11-19(15)22(2)27(24,25)18-8-4-3-5-9-18/h3-5,8-11,13,17H,6-7,12,14H2,1-2H3,(H,21,23). The van der Waals surface area contributed by atoms with Crippen LogP contribution in [0.5, 0.6) is 0 Å². The van der Waals surface area contributed by atoms with Gasteiger partial charge in [0, 0.05) is 25.8 Å². The molecule has 1 saturated heterocycles. The second-order valence-corrected chi connectivity index (χ2v) is 8.60. The highest BCUT2D eigenvalue weighted by Crippen LogP contribution is 2.26. The van der Waals surface area contributed by atoms with Gasteiger partial charge in [-0.05, 0) is 55.7 Å². The fraction of sp³-hybridized carbons (Fsp3) is 0.350. The topological polar surface area (TPSA) is 75.7 Å². The fourth-order valence-corrected chi connectivity index (χ4v) is 4.43. The zero-order valence-electron chi connectivity index (χ0n) is 15.5. The molecule has 2 aromatic carbocycles. The van der Waals surface area contributed by atoms with Crippen LogP contribution in [0.15, 0.2) is 53.4 Å². The van der Waals surface area contributed by atoms with Gasteiger partial charge in [-0.15, -0.1) is 0 Å². The van der Waals surface area contributed by atoms with Crippen molar-refractivity contribution in [3.05, 3.63) is 59.7 Å². The molecule has 1 aliphatic rings. The van der Waals surface area contributed by atoms with E-state index < -0.39 is 10.0 Å². The lowest BCUT2D eigenvalue weighted by atomic mass is 10.1. The number of aryl methyl sites for hydroxylation is 1. The van der Waals surface area contributed by atoms with Gasteiger partial charge in [0.05, 0.1) is 16.7 Å². The monoisotopic (exact) mass is 388 g/mol. The maximum absolute atomic E-state index is 12.8. The number of ether oxygens (including phenoxy) is 1. The van der Waals surface area contributed by atoms with Crippen LogP contribution in [0.25, 0.3) is 0 Å². The lowest BCUT2D eigenvalue weighted by Crippen LogP contribution is -2.32. The van der Waals surface area contributed by atoms with Gasteiger partial charge in [0.2, 0.25) is 0 Å². The summed E-state index contributed by atoms with van der Waals surface area (Å²) in [5.74, 6) is -0.186. The average Bonchev–Trinajstić information content (AvgIpc) is 3.19. The van der Waals surface area contributed by atoms with Crippen LogP contribution in [-0.2, 0) is 14.8 Å². The molecule has 1 heterocycles. The number of hydrogen-bond acceptors (Lipinski definition) is 4. The highest BCUT2D eigenvalue weighted by Gasteiger charge is 2.23. The number of benzene rings is 2. The van der Waals surface area contributed by atoms with E-state index in [1.165, 1.54) is 11.4 Å². The quantitative estimate of drug-likeness (QED) is 0.826. The van der Waals surface area contributed by atoms with Crippen molar-refractivity contribution in [1.82, 2.24) is 5.32 Å².